The summed E-state index contributed by atoms with van der Waals surface area (Å²) in [4.78, 5) is 4.59. The second-order valence-electron chi connectivity index (χ2n) is 1.43. The Labute approximate surface area is 44.2 Å². The van der Waals surface area contributed by atoms with Gasteiger partial charge in [-0.25, -0.2) is 0 Å². The van der Waals surface area contributed by atoms with Crippen LogP contribution in [0.2, 0.25) is 0 Å². The van der Waals surface area contributed by atoms with Crippen molar-refractivity contribution in [3.8, 4) is 0 Å². The Hall–Kier alpha value is -0.530. The van der Waals surface area contributed by atoms with Gasteiger partial charge in [0.2, 0.25) is 0 Å². The fraction of sp³-hybridized carbons (Fsp3) is 0.800. The third-order valence-corrected chi connectivity index (χ3v) is 0.816. The van der Waals surface area contributed by atoms with Gasteiger partial charge < -0.3 is 4.84 Å². The van der Waals surface area contributed by atoms with Crippen LogP contribution in [0.5, 0.6) is 0 Å². The molecular weight excluding hydrogens is 90.1 g/mol. The van der Waals surface area contributed by atoms with Gasteiger partial charge in [0, 0.05) is 0 Å². The molecule has 41 valence electrons. The summed E-state index contributed by atoms with van der Waals surface area (Å²) in [6, 6.07) is 0. The first-order valence-corrected chi connectivity index (χ1v) is 2.37. The van der Waals surface area contributed by atoms with E-state index in [-0.39, 0.29) is 6.10 Å². The molecule has 0 amide bonds. The molecule has 0 aliphatic heterocycles. The average molecular weight is 100 g/mol. The van der Waals surface area contributed by atoms with Gasteiger partial charge in [-0.1, -0.05) is 12.1 Å². The SMILES string of the molecule is [CH]=NOC(C)CC. The topological polar surface area (TPSA) is 21.6 Å². The van der Waals surface area contributed by atoms with Crippen LogP contribution in [0, 0.1) is 0 Å². The molecule has 1 radical (unpaired) electrons. The van der Waals surface area contributed by atoms with Crippen molar-refractivity contribution in [2.75, 3.05) is 0 Å². The van der Waals surface area contributed by atoms with Gasteiger partial charge in [0.25, 0.3) is 0 Å². The van der Waals surface area contributed by atoms with Crippen LogP contribution < -0.4 is 0 Å². The first kappa shape index (κ1) is 6.47. The zero-order valence-electron chi connectivity index (χ0n) is 4.72. The highest BCUT2D eigenvalue weighted by atomic mass is 16.6. The van der Waals surface area contributed by atoms with Gasteiger partial charge >= 0.3 is 0 Å². The molecule has 7 heavy (non-hydrogen) atoms. The molecule has 0 aromatic carbocycles. The lowest BCUT2D eigenvalue weighted by Gasteiger charge is -2.02. The summed E-state index contributed by atoms with van der Waals surface area (Å²) < 4.78 is 0. The Morgan fingerprint density at radius 3 is 2.57 bits per heavy atom. The summed E-state index contributed by atoms with van der Waals surface area (Å²) in [6.07, 6.45) is 1.10. The maximum atomic E-state index is 4.71. The van der Waals surface area contributed by atoms with Gasteiger partial charge in [-0.2, -0.15) is 0 Å². The van der Waals surface area contributed by atoms with Crippen LogP contribution in [0.3, 0.4) is 0 Å². The molecule has 0 heterocycles. The summed E-state index contributed by atoms with van der Waals surface area (Å²) in [5.41, 5.74) is 0. The highest BCUT2D eigenvalue weighted by Crippen LogP contribution is 1.93. The largest absolute Gasteiger partial charge is 0.393 e. The first-order valence-electron chi connectivity index (χ1n) is 2.37. The maximum absolute atomic E-state index is 4.71. The average Bonchev–Trinajstić information content (AvgIpc) is 1.68. The number of hydrogen-bond donors (Lipinski definition) is 0. The summed E-state index contributed by atoms with van der Waals surface area (Å²) in [5.74, 6) is 0. The van der Waals surface area contributed by atoms with Crippen LogP contribution in [0.25, 0.3) is 0 Å². The smallest absolute Gasteiger partial charge is 0.124 e. The quantitative estimate of drug-likeness (QED) is 0.387. The molecule has 0 N–H and O–H groups in total. The van der Waals surface area contributed by atoms with E-state index in [9.17, 15) is 0 Å². The Kier molecular flexibility index (Phi) is 3.38. The summed E-state index contributed by atoms with van der Waals surface area (Å²) >= 11 is 0. The first-order chi connectivity index (χ1) is 3.31. The van der Waals surface area contributed by atoms with Gasteiger partial charge in [-0.3, -0.25) is 0 Å². The second kappa shape index (κ2) is 3.65. The van der Waals surface area contributed by atoms with E-state index < -0.39 is 0 Å². The zero-order valence-corrected chi connectivity index (χ0v) is 4.72. The molecule has 0 saturated carbocycles. The van der Waals surface area contributed by atoms with Crippen molar-refractivity contribution in [1.82, 2.24) is 0 Å². The van der Waals surface area contributed by atoms with Crippen molar-refractivity contribution >= 4 is 6.72 Å². The molecule has 0 rings (SSSR count). The number of rotatable bonds is 3. The van der Waals surface area contributed by atoms with Crippen molar-refractivity contribution in [3.63, 3.8) is 0 Å². The monoisotopic (exact) mass is 100 g/mol. The predicted octanol–water partition coefficient (Wildman–Crippen LogP) is 1.29. The lowest BCUT2D eigenvalue weighted by Crippen LogP contribution is -1.99. The molecule has 1 atom stereocenters. The maximum Gasteiger partial charge on any atom is 0.124 e. The third kappa shape index (κ3) is 3.30. The zero-order chi connectivity index (χ0) is 5.70. The van der Waals surface area contributed by atoms with Crippen LogP contribution in [0.15, 0.2) is 5.16 Å². The standard InChI is InChI=1S/C5H10NO/c1-4-5(2)7-6-3/h3,5H,4H2,1-2H3. The van der Waals surface area contributed by atoms with Gasteiger partial charge in [0.1, 0.15) is 6.10 Å². The summed E-state index contributed by atoms with van der Waals surface area (Å²) in [5, 5.41) is 3.01. The van der Waals surface area contributed by atoms with Gasteiger partial charge in [-0.05, 0) is 13.3 Å². The molecule has 0 saturated heterocycles. The Morgan fingerprint density at radius 2 is 2.43 bits per heavy atom. The lowest BCUT2D eigenvalue weighted by atomic mass is 10.3. The highest BCUT2D eigenvalue weighted by Gasteiger charge is 1.92. The van der Waals surface area contributed by atoms with Crippen molar-refractivity contribution in [3.05, 3.63) is 0 Å². The van der Waals surface area contributed by atoms with Gasteiger partial charge in [0.05, 0.1) is 6.72 Å². The number of hydrogen-bond acceptors (Lipinski definition) is 2. The van der Waals surface area contributed by atoms with E-state index in [1.807, 2.05) is 13.8 Å². The van der Waals surface area contributed by atoms with Crippen LogP contribution in [-0.4, -0.2) is 12.8 Å². The molecule has 1 unspecified atom stereocenters. The second-order valence-corrected chi connectivity index (χ2v) is 1.43. The molecule has 0 aliphatic carbocycles. The third-order valence-electron chi connectivity index (χ3n) is 0.816. The molecule has 0 aromatic rings. The molecule has 2 nitrogen and oxygen atoms in total. The van der Waals surface area contributed by atoms with E-state index >= 15 is 0 Å². The molecule has 0 aliphatic rings. The van der Waals surface area contributed by atoms with Crippen LogP contribution >= 0.6 is 0 Å². The van der Waals surface area contributed by atoms with E-state index in [0.29, 0.717) is 0 Å². The van der Waals surface area contributed by atoms with Crippen molar-refractivity contribution in [1.29, 1.82) is 0 Å². The predicted molar refractivity (Wildman–Crippen MR) is 29.3 cm³/mol. The van der Waals surface area contributed by atoms with Gasteiger partial charge in [0.15, 0.2) is 0 Å². The minimum atomic E-state index is 0.157. The minimum Gasteiger partial charge on any atom is -0.393 e. The molecule has 0 spiro atoms. The van der Waals surface area contributed by atoms with Crippen molar-refractivity contribution < 1.29 is 4.84 Å². The van der Waals surface area contributed by atoms with Crippen LogP contribution in [0.4, 0.5) is 0 Å². The van der Waals surface area contributed by atoms with E-state index in [1.165, 1.54) is 0 Å². The van der Waals surface area contributed by atoms with Crippen molar-refractivity contribution in [2.24, 2.45) is 5.16 Å². The van der Waals surface area contributed by atoms with Crippen LogP contribution in [-0.2, 0) is 4.84 Å². The summed E-state index contributed by atoms with van der Waals surface area (Å²) in [6.45, 7) is 8.63. The van der Waals surface area contributed by atoms with E-state index in [2.05, 4.69) is 9.99 Å². The van der Waals surface area contributed by atoms with Crippen molar-refractivity contribution in [2.45, 2.75) is 26.4 Å². The van der Waals surface area contributed by atoms with E-state index in [0.717, 1.165) is 6.42 Å². The number of nitrogens with zero attached hydrogens (tertiary/aromatic N) is 1. The Bertz CT molecular complexity index is 54.0. The van der Waals surface area contributed by atoms with E-state index in [1.54, 1.807) is 0 Å². The minimum absolute atomic E-state index is 0.157. The molecule has 0 fully saturated rings. The van der Waals surface area contributed by atoms with E-state index in [4.69, 9.17) is 6.72 Å². The highest BCUT2D eigenvalue weighted by molar-refractivity contribution is 5.21. The molecular formula is C5H10NO. The normalized spacial score (nSPS) is 12.9. The molecule has 0 aromatic heterocycles. The lowest BCUT2D eigenvalue weighted by molar-refractivity contribution is 0.0721. The fourth-order valence-electron chi connectivity index (χ4n) is 0.178. The Morgan fingerprint density at radius 1 is 1.86 bits per heavy atom. The fourth-order valence-corrected chi connectivity index (χ4v) is 0.178. The molecule has 0 bridgehead atoms. The van der Waals surface area contributed by atoms with Crippen LogP contribution in [0.1, 0.15) is 20.3 Å². The molecule has 2 heteroatoms. The summed E-state index contributed by atoms with van der Waals surface area (Å²) in [7, 11) is 0. The Balaban J connectivity index is 2.98. The van der Waals surface area contributed by atoms with Gasteiger partial charge in [-0.15, -0.1) is 0 Å².